The third-order valence-corrected chi connectivity index (χ3v) is 5.41. The Kier molecular flexibility index (Phi) is 5.58. The molecule has 0 aliphatic rings. The molecule has 142 valence electrons. The molecule has 2 aromatic heterocycles. The van der Waals surface area contributed by atoms with Gasteiger partial charge < -0.3 is 4.90 Å². The van der Waals surface area contributed by atoms with Gasteiger partial charge in [-0.05, 0) is 31.5 Å². The van der Waals surface area contributed by atoms with Gasteiger partial charge in [-0.1, -0.05) is 35.3 Å². The van der Waals surface area contributed by atoms with E-state index in [0.29, 0.717) is 28.7 Å². The third kappa shape index (κ3) is 4.01. The predicted molar refractivity (Wildman–Crippen MR) is 106 cm³/mol. The van der Waals surface area contributed by atoms with Crippen LogP contribution in [0.3, 0.4) is 0 Å². The number of hydrogen-bond donors (Lipinski definition) is 0. The van der Waals surface area contributed by atoms with Crippen LogP contribution in [0.15, 0.2) is 30.5 Å². The minimum absolute atomic E-state index is 0.0829. The van der Waals surface area contributed by atoms with Crippen LogP contribution in [0.25, 0.3) is 0 Å². The van der Waals surface area contributed by atoms with Crippen LogP contribution in [-0.4, -0.2) is 37.4 Å². The Morgan fingerprint density at radius 3 is 2.59 bits per heavy atom. The highest BCUT2D eigenvalue weighted by molar-refractivity contribution is 6.31. The Morgan fingerprint density at radius 1 is 1.26 bits per heavy atom. The van der Waals surface area contributed by atoms with Gasteiger partial charge in [-0.2, -0.15) is 10.2 Å². The average molecular weight is 406 g/mol. The summed E-state index contributed by atoms with van der Waals surface area (Å²) < 4.78 is 3.52. The van der Waals surface area contributed by atoms with E-state index < -0.39 is 0 Å². The molecule has 27 heavy (non-hydrogen) atoms. The van der Waals surface area contributed by atoms with Gasteiger partial charge in [0.25, 0.3) is 5.91 Å². The molecule has 0 bridgehead atoms. The van der Waals surface area contributed by atoms with Crippen molar-refractivity contribution in [3.63, 3.8) is 0 Å². The Hall–Kier alpha value is -2.31. The fourth-order valence-electron chi connectivity index (χ4n) is 2.94. The van der Waals surface area contributed by atoms with Gasteiger partial charge in [0.05, 0.1) is 46.4 Å². The van der Waals surface area contributed by atoms with Crippen LogP contribution in [0, 0.1) is 13.8 Å². The second kappa shape index (κ2) is 7.74. The first-order valence-electron chi connectivity index (χ1n) is 8.48. The average Bonchev–Trinajstić information content (AvgIpc) is 3.09. The van der Waals surface area contributed by atoms with Gasteiger partial charge in [-0.3, -0.25) is 14.2 Å². The van der Waals surface area contributed by atoms with Crippen LogP contribution >= 0.6 is 23.2 Å². The van der Waals surface area contributed by atoms with Gasteiger partial charge in [0.15, 0.2) is 0 Å². The van der Waals surface area contributed by atoms with Crippen molar-refractivity contribution in [3.8, 4) is 0 Å². The number of aromatic nitrogens is 4. The van der Waals surface area contributed by atoms with Crippen LogP contribution in [-0.2, 0) is 20.1 Å². The zero-order chi connectivity index (χ0) is 19.7. The van der Waals surface area contributed by atoms with Crippen molar-refractivity contribution in [2.45, 2.75) is 26.9 Å². The van der Waals surface area contributed by atoms with Gasteiger partial charge in [-0.15, -0.1) is 0 Å². The van der Waals surface area contributed by atoms with Gasteiger partial charge in [0.1, 0.15) is 0 Å². The summed E-state index contributed by atoms with van der Waals surface area (Å²) in [4.78, 5) is 14.5. The first-order valence-corrected chi connectivity index (χ1v) is 9.23. The molecule has 3 aromatic rings. The summed E-state index contributed by atoms with van der Waals surface area (Å²) in [5, 5.41) is 9.78. The fourth-order valence-corrected chi connectivity index (χ4v) is 3.30. The molecule has 0 N–H and O–H groups in total. The molecule has 0 fully saturated rings. The van der Waals surface area contributed by atoms with Crippen LogP contribution in [0.1, 0.15) is 33.0 Å². The molecule has 8 heteroatoms. The maximum Gasteiger partial charge on any atom is 0.253 e. The first-order chi connectivity index (χ1) is 12.8. The number of halogens is 2. The minimum Gasteiger partial charge on any atom is -0.336 e. The normalized spacial score (nSPS) is 11.0. The van der Waals surface area contributed by atoms with Crippen molar-refractivity contribution in [3.05, 3.63) is 68.7 Å². The number of amides is 1. The molecule has 6 nitrogen and oxygen atoms in total. The maximum absolute atomic E-state index is 12.8. The van der Waals surface area contributed by atoms with Gasteiger partial charge in [-0.25, -0.2) is 0 Å². The highest BCUT2D eigenvalue weighted by atomic mass is 35.5. The van der Waals surface area contributed by atoms with Crippen LogP contribution in [0.5, 0.6) is 0 Å². The summed E-state index contributed by atoms with van der Waals surface area (Å²) in [5.41, 5.74) is 4.10. The molecule has 0 radical (unpaired) electrons. The number of nitrogens with zero attached hydrogens (tertiary/aromatic N) is 5. The lowest BCUT2D eigenvalue weighted by molar-refractivity contribution is 0.0782. The zero-order valence-electron chi connectivity index (χ0n) is 15.7. The quantitative estimate of drug-likeness (QED) is 0.647. The number of aryl methyl sites for hydroxylation is 2. The van der Waals surface area contributed by atoms with E-state index in [-0.39, 0.29) is 5.91 Å². The van der Waals surface area contributed by atoms with E-state index in [1.807, 2.05) is 36.7 Å². The Bertz CT molecular complexity index is 973. The van der Waals surface area contributed by atoms with E-state index in [4.69, 9.17) is 23.2 Å². The third-order valence-electron chi connectivity index (χ3n) is 4.54. The van der Waals surface area contributed by atoms with Gasteiger partial charge in [0.2, 0.25) is 0 Å². The largest absolute Gasteiger partial charge is 0.336 e. The molecule has 0 aliphatic carbocycles. The summed E-state index contributed by atoms with van der Waals surface area (Å²) in [6, 6.07) is 7.54. The number of rotatable bonds is 5. The number of benzene rings is 1. The second-order valence-electron chi connectivity index (χ2n) is 6.57. The Morgan fingerprint density at radius 2 is 2.00 bits per heavy atom. The summed E-state index contributed by atoms with van der Waals surface area (Å²) in [7, 11) is 3.55. The zero-order valence-corrected chi connectivity index (χ0v) is 17.2. The smallest absolute Gasteiger partial charge is 0.253 e. The van der Waals surface area contributed by atoms with Crippen molar-refractivity contribution >= 4 is 29.1 Å². The van der Waals surface area contributed by atoms with Gasteiger partial charge >= 0.3 is 0 Å². The number of carbonyl (C=O) groups excluding carboxylic acids is 1. The van der Waals surface area contributed by atoms with E-state index in [1.165, 1.54) is 0 Å². The Balaban J connectivity index is 1.78. The van der Waals surface area contributed by atoms with E-state index in [0.717, 1.165) is 22.6 Å². The van der Waals surface area contributed by atoms with E-state index in [1.54, 1.807) is 35.9 Å². The standard InChI is InChI=1S/C19H21Cl2N5O/c1-12-18(21)13(2)26(23-12)10-14-6-5-7-15(8-14)19(27)24(3)11-17-16(20)9-22-25(17)4/h5-9H,10-11H2,1-4H3. The lowest BCUT2D eigenvalue weighted by Crippen LogP contribution is -2.27. The molecule has 3 rings (SSSR count). The molecular weight excluding hydrogens is 385 g/mol. The minimum atomic E-state index is -0.0829. The molecule has 0 saturated heterocycles. The molecule has 1 amide bonds. The highest BCUT2D eigenvalue weighted by Crippen LogP contribution is 2.21. The molecular formula is C19H21Cl2N5O. The van der Waals surface area contributed by atoms with Crippen LogP contribution < -0.4 is 0 Å². The highest BCUT2D eigenvalue weighted by Gasteiger charge is 2.17. The monoisotopic (exact) mass is 405 g/mol. The molecule has 0 spiro atoms. The number of carbonyl (C=O) groups is 1. The van der Waals surface area contributed by atoms with Crippen molar-refractivity contribution in [2.75, 3.05) is 7.05 Å². The molecule has 2 heterocycles. The molecule has 0 saturated carbocycles. The SMILES string of the molecule is Cc1nn(Cc2cccc(C(=O)N(C)Cc3c(Cl)cnn3C)c2)c(C)c1Cl. The topological polar surface area (TPSA) is 56.0 Å². The first kappa shape index (κ1) is 19.5. The van der Waals surface area contributed by atoms with Crippen molar-refractivity contribution < 1.29 is 4.79 Å². The fraction of sp³-hybridized carbons (Fsp3) is 0.316. The maximum atomic E-state index is 12.8. The number of hydrogen-bond acceptors (Lipinski definition) is 3. The summed E-state index contributed by atoms with van der Waals surface area (Å²) in [5.74, 6) is -0.0829. The predicted octanol–water partition coefficient (Wildman–Crippen LogP) is 3.86. The summed E-state index contributed by atoms with van der Waals surface area (Å²) in [6.45, 7) is 4.75. The van der Waals surface area contributed by atoms with Crippen molar-refractivity contribution in [2.24, 2.45) is 7.05 Å². The lowest BCUT2D eigenvalue weighted by atomic mass is 10.1. The van der Waals surface area contributed by atoms with Crippen LogP contribution in [0.2, 0.25) is 10.0 Å². The van der Waals surface area contributed by atoms with Crippen LogP contribution in [0.4, 0.5) is 0 Å². The summed E-state index contributed by atoms with van der Waals surface area (Å²) in [6.07, 6.45) is 1.58. The molecule has 1 aromatic carbocycles. The van der Waals surface area contributed by atoms with E-state index >= 15 is 0 Å². The Labute approximate surface area is 168 Å². The molecule has 0 aliphatic heterocycles. The molecule has 0 atom stereocenters. The molecule has 0 unspecified atom stereocenters. The van der Waals surface area contributed by atoms with Crippen molar-refractivity contribution in [1.82, 2.24) is 24.5 Å². The van der Waals surface area contributed by atoms with Crippen molar-refractivity contribution in [1.29, 1.82) is 0 Å². The lowest BCUT2D eigenvalue weighted by Gasteiger charge is -2.18. The summed E-state index contributed by atoms with van der Waals surface area (Å²) >= 11 is 12.4. The van der Waals surface area contributed by atoms with E-state index in [9.17, 15) is 4.79 Å². The van der Waals surface area contributed by atoms with Gasteiger partial charge in [0, 0.05) is 19.7 Å². The second-order valence-corrected chi connectivity index (χ2v) is 7.35. The van der Waals surface area contributed by atoms with E-state index in [2.05, 4.69) is 10.2 Å².